The summed E-state index contributed by atoms with van der Waals surface area (Å²) in [6.45, 7) is 2.10. The van der Waals surface area contributed by atoms with Crippen LogP contribution in [0.1, 0.15) is 29.7 Å². The highest BCUT2D eigenvalue weighted by atomic mass is 15.3. The normalized spacial score (nSPS) is 14.6. The van der Waals surface area contributed by atoms with Gasteiger partial charge >= 0.3 is 0 Å². The van der Waals surface area contributed by atoms with Crippen LogP contribution in [-0.2, 0) is 12.8 Å². The van der Waals surface area contributed by atoms with E-state index in [-0.39, 0.29) is 0 Å². The second-order valence-electron chi connectivity index (χ2n) is 4.77. The van der Waals surface area contributed by atoms with Gasteiger partial charge in [0.1, 0.15) is 5.82 Å². The second-order valence-corrected chi connectivity index (χ2v) is 4.77. The average molecular weight is 227 g/mol. The van der Waals surface area contributed by atoms with Crippen LogP contribution in [0, 0.1) is 6.92 Å². The minimum Gasteiger partial charge on any atom is -0.382 e. The largest absolute Gasteiger partial charge is 0.382 e. The maximum absolute atomic E-state index is 6.01. The molecule has 0 spiro atoms. The molecular weight excluding hydrogens is 210 g/mol. The summed E-state index contributed by atoms with van der Waals surface area (Å²) in [5, 5.41) is 4.50. The molecule has 0 radical (unpaired) electrons. The van der Waals surface area contributed by atoms with Crippen LogP contribution in [-0.4, -0.2) is 9.78 Å². The fraction of sp³-hybridized carbons (Fsp3) is 0.357. The Kier molecular flexibility index (Phi) is 2.39. The molecule has 88 valence electrons. The molecule has 1 heterocycles. The van der Waals surface area contributed by atoms with Gasteiger partial charge < -0.3 is 5.73 Å². The molecule has 1 aromatic heterocycles. The van der Waals surface area contributed by atoms with Gasteiger partial charge in [-0.05, 0) is 50.3 Å². The summed E-state index contributed by atoms with van der Waals surface area (Å²) in [5.41, 5.74) is 10.9. The van der Waals surface area contributed by atoms with Crippen LogP contribution in [0.2, 0.25) is 0 Å². The molecule has 0 fully saturated rings. The van der Waals surface area contributed by atoms with Gasteiger partial charge in [-0.3, -0.25) is 0 Å². The lowest BCUT2D eigenvalue weighted by Crippen LogP contribution is -2.07. The monoisotopic (exact) mass is 227 g/mol. The van der Waals surface area contributed by atoms with Crippen molar-refractivity contribution in [2.75, 3.05) is 5.73 Å². The van der Waals surface area contributed by atoms with Gasteiger partial charge in [0.2, 0.25) is 0 Å². The molecule has 0 bridgehead atoms. The predicted octanol–water partition coefficient (Wildman–Crippen LogP) is 2.64. The van der Waals surface area contributed by atoms with E-state index in [0.717, 1.165) is 18.5 Å². The molecule has 2 N–H and O–H groups in total. The fourth-order valence-electron chi connectivity index (χ4n) is 2.60. The molecule has 0 aliphatic heterocycles. The maximum Gasteiger partial charge on any atom is 0.149 e. The molecule has 0 saturated heterocycles. The molecule has 0 saturated carbocycles. The van der Waals surface area contributed by atoms with E-state index in [1.807, 2.05) is 4.68 Å². The third-order valence-corrected chi connectivity index (χ3v) is 3.46. The molecule has 1 aliphatic rings. The summed E-state index contributed by atoms with van der Waals surface area (Å²) in [7, 11) is 0. The Balaban J connectivity index is 2.15. The first kappa shape index (κ1) is 10.4. The minimum absolute atomic E-state index is 0.709. The molecule has 1 aliphatic carbocycles. The second kappa shape index (κ2) is 3.91. The number of benzene rings is 1. The van der Waals surface area contributed by atoms with Crippen molar-refractivity contribution in [1.82, 2.24) is 9.78 Å². The Bertz CT molecular complexity index is 555. The van der Waals surface area contributed by atoms with Crippen molar-refractivity contribution in [1.29, 1.82) is 0 Å². The molecule has 0 unspecified atom stereocenters. The third kappa shape index (κ3) is 1.71. The van der Waals surface area contributed by atoms with E-state index in [9.17, 15) is 0 Å². The number of hydrogen-bond donors (Lipinski definition) is 1. The summed E-state index contributed by atoms with van der Waals surface area (Å²) >= 11 is 0. The zero-order valence-electron chi connectivity index (χ0n) is 10.1. The first-order chi connectivity index (χ1) is 8.25. The van der Waals surface area contributed by atoms with Crippen LogP contribution in [0.5, 0.6) is 0 Å². The molecule has 3 rings (SSSR count). The number of rotatable bonds is 1. The standard InChI is InChI=1S/C14H17N3/c1-10-5-4-6-11(9-10)17-13-8-3-2-7-12(13)14(15)16-17/h4-6,9H,2-3,7-8H2,1H3,(H2,15,16). The molecule has 3 nitrogen and oxygen atoms in total. The summed E-state index contributed by atoms with van der Waals surface area (Å²) in [4.78, 5) is 0. The third-order valence-electron chi connectivity index (χ3n) is 3.46. The van der Waals surface area contributed by atoms with E-state index in [0.29, 0.717) is 5.82 Å². The van der Waals surface area contributed by atoms with Crippen molar-refractivity contribution < 1.29 is 0 Å². The van der Waals surface area contributed by atoms with Crippen molar-refractivity contribution in [3.05, 3.63) is 41.1 Å². The van der Waals surface area contributed by atoms with Gasteiger partial charge in [0.15, 0.2) is 0 Å². The maximum atomic E-state index is 6.01. The average Bonchev–Trinajstić information content (AvgIpc) is 2.68. The molecule has 17 heavy (non-hydrogen) atoms. The van der Waals surface area contributed by atoms with Crippen molar-refractivity contribution in [3.63, 3.8) is 0 Å². The Morgan fingerprint density at radius 1 is 1.24 bits per heavy atom. The Morgan fingerprint density at radius 2 is 2.06 bits per heavy atom. The summed E-state index contributed by atoms with van der Waals surface area (Å²) in [5.74, 6) is 0.709. The van der Waals surface area contributed by atoms with Crippen LogP contribution >= 0.6 is 0 Å². The van der Waals surface area contributed by atoms with Crippen molar-refractivity contribution >= 4 is 5.82 Å². The van der Waals surface area contributed by atoms with E-state index in [1.54, 1.807) is 0 Å². The quantitative estimate of drug-likeness (QED) is 0.814. The number of aromatic nitrogens is 2. The minimum atomic E-state index is 0.709. The van der Waals surface area contributed by atoms with Crippen molar-refractivity contribution in [2.45, 2.75) is 32.6 Å². The van der Waals surface area contributed by atoms with Gasteiger partial charge in [-0.1, -0.05) is 12.1 Å². The predicted molar refractivity (Wildman–Crippen MR) is 69.4 cm³/mol. The SMILES string of the molecule is Cc1cccc(-n2nc(N)c3c2CCCC3)c1. The highest BCUT2D eigenvalue weighted by Gasteiger charge is 2.19. The number of aryl methyl sites for hydroxylation is 1. The lowest BCUT2D eigenvalue weighted by atomic mass is 9.97. The van der Waals surface area contributed by atoms with Gasteiger partial charge in [0, 0.05) is 11.3 Å². The van der Waals surface area contributed by atoms with Gasteiger partial charge in [-0.15, -0.1) is 0 Å². The van der Waals surface area contributed by atoms with Crippen LogP contribution < -0.4 is 5.73 Å². The summed E-state index contributed by atoms with van der Waals surface area (Å²) in [6.07, 6.45) is 4.64. The van der Waals surface area contributed by atoms with Crippen molar-refractivity contribution in [3.8, 4) is 5.69 Å². The van der Waals surface area contributed by atoms with E-state index in [1.165, 1.54) is 29.7 Å². The highest BCUT2D eigenvalue weighted by molar-refractivity contribution is 5.48. The molecule has 0 atom stereocenters. The van der Waals surface area contributed by atoms with Gasteiger partial charge in [0.05, 0.1) is 5.69 Å². The molecule has 0 amide bonds. The van der Waals surface area contributed by atoms with Crippen LogP contribution in [0.25, 0.3) is 5.69 Å². The zero-order chi connectivity index (χ0) is 11.8. The number of hydrogen-bond acceptors (Lipinski definition) is 2. The Morgan fingerprint density at radius 3 is 2.88 bits per heavy atom. The first-order valence-electron chi connectivity index (χ1n) is 6.19. The topological polar surface area (TPSA) is 43.8 Å². The molecular formula is C14H17N3. The van der Waals surface area contributed by atoms with Gasteiger partial charge in [0.25, 0.3) is 0 Å². The molecule has 1 aromatic carbocycles. The summed E-state index contributed by atoms with van der Waals surface area (Å²) < 4.78 is 2.02. The number of fused-ring (bicyclic) bond motifs is 1. The van der Waals surface area contributed by atoms with Crippen LogP contribution in [0.4, 0.5) is 5.82 Å². The Hall–Kier alpha value is -1.77. The number of nitrogens with zero attached hydrogens (tertiary/aromatic N) is 2. The van der Waals surface area contributed by atoms with E-state index < -0.39 is 0 Å². The Labute approximate surface area is 101 Å². The number of anilines is 1. The van der Waals surface area contributed by atoms with Crippen molar-refractivity contribution in [2.24, 2.45) is 0 Å². The summed E-state index contributed by atoms with van der Waals surface area (Å²) in [6, 6.07) is 8.41. The van der Waals surface area contributed by atoms with Gasteiger partial charge in [-0.25, -0.2) is 4.68 Å². The highest BCUT2D eigenvalue weighted by Crippen LogP contribution is 2.28. The lowest BCUT2D eigenvalue weighted by molar-refractivity contribution is 0.653. The fourth-order valence-corrected chi connectivity index (χ4v) is 2.60. The number of nitrogen functional groups attached to an aromatic ring is 1. The van der Waals surface area contributed by atoms with Crippen LogP contribution in [0.15, 0.2) is 24.3 Å². The first-order valence-corrected chi connectivity index (χ1v) is 6.19. The van der Waals surface area contributed by atoms with E-state index in [4.69, 9.17) is 5.73 Å². The number of nitrogens with two attached hydrogens (primary N) is 1. The van der Waals surface area contributed by atoms with Crippen LogP contribution in [0.3, 0.4) is 0 Å². The smallest absolute Gasteiger partial charge is 0.149 e. The zero-order valence-corrected chi connectivity index (χ0v) is 10.1. The van der Waals surface area contributed by atoms with Gasteiger partial charge in [-0.2, -0.15) is 5.10 Å². The molecule has 2 aromatic rings. The molecule has 3 heteroatoms. The van der Waals surface area contributed by atoms with E-state index >= 15 is 0 Å². The van der Waals surface area contributed by atoms with E-state index in [2.05, 4.69) is 36.3 Å². The lowest BCUT2D eigenvalue weighted by Gasteiger charge is -2.14.